The second-order valence-electron chi connectivity index (χ2n) is 3.58. The van der Waals surface area contributed by atoms with Gasteiger partial charge in [-0.1, -0.05) is 13.0 Å². The van der Waals surface area contributed by atoms with Crippen LogP contribution in [0.15, 0.2) is 18.2 Å². The molecule has 3 nitrogen and oxygen atoms in total. The number of carbonyl (C=O) groups excluding carboxylic acids is 1. The first-order valence-electron chi connectivity index (χ1n) is 5.26. The molecule has 82 valence electrons. The van der Waals surface area contributed by atoms with Crippen molar-refractivity contribution in [2.75, 3.05) is 11.9 Å². The number of amides is 1. The third-order valence-electron chi connectivity index (χ3n) is 2.39. The smallest absolute Gasteiger partial charge is 0.225 e. The summed E-state index contributed by atoms with van der Waals surface area (Å²) >= 11 is 0. The summed E-state index contributed by atoms with van der Waals surface area (Å²) in [5.74, 6) is -0.0246. The summed E-state index contributed by atoms with van der Waals surface area (Å²) in [6.07, 6.45) is 1.35. The van der Waals surface area contributed by atoms with Crippen molar-refractivity contribution < 1.29 is 4.79 Å². The molecule has 1 amide bonds. The molecule has 0 fully saturated rings. The normalized spacial score (nSPS) is 10.1. The van der Waals surface area contributed by atoms with Crippen LogP contribution in [0.4, 0.5) is 5.69 Å². The van der Waals surface area contributed by atoms with Gasteiger partial charge < -0.3 is 11.1 Å². The quantitative estimate of drug-likeness (QED) is 0.789. The van der Waals surface area contributed by atoms with Crippen molar-refractivity contribution in [1.29, 1.82) is 0 Å². The fraction of sp³-hybridized carbons (Fsp3) is 0.417. The fourth-order valence-electron chi connectivity index (χ4n) is 1.48. The van der Waals surface area contributed by atoms with E-state index in [9.17, 15) is 4.79 Å². The van der Waals surface area contributed by atoms with Crippen LogP contribution in [0.5, 0.6) is 0 Å². The van der Waals surface area contributed by atoms with Gasteiger partial charge in [0.25, 0.3) is 0 Å². The topological polar surface area (TPSA) is 55.1 Å². The Bertz CT molecular complexity index is 347. The Morgan fingerprint density at radius 2 is 2.20 bits per heavy atom. The molecule has 0 bridgehead atoms. The Morgan fingerprint density at radius 3 is 2.80 bits per heavy atom. The van der Waals surface area contributed by atoms with Gasteiger partial charge in [0, 0.05) is 18.7 Å². The van der Waals surface area contributed by atoms with Crippen LogP contribution in [0, 0.1) is 6.92 Å². The summed E-state index contributed by atoms with van der Waals surface area (Å²) < 4.78 is 0. The van der Waals surface area contributed by atoms with Gasteiger partial charge in [0.1, 0.15) is 0 Å². The summed E-state index contributed by atoms with van der Waals surface area (Å²) in [7, 11) is 0. The van der Waals surface area contributed by atoms with Gasteiger partial charge in [-0.3, -0.25) is 4.79 Å². The maximum Gasteiger partial charge on any atom is 0.225 e. The first-order valence-corrected chi connectivity index (χ1v) is 5.26. The maximum atomic E-state index is 11.3. The van der Waals surface area contributed by atoms with Gasteiger partial charge in [-0.05, 0) is 36.6 Å². The lowest BCUT2D eigenvalue weighted by Crippen LogP contribution is -2.16. The van der Waals surface area contributed by atoms with Crippen LogP contribution in [0.3, 0.4) is 0 Å². The highest BCUT2D eigenvalue weighted by Gasteiger charge is 2.02. The minimum atomic E-state index is -0.0246. The average Bonchev–Trinajstić information content (AvgIpc) is 2.21. The summed E-state index contributed by atoms with van der Waals surface area (Å²) in [4.78, 5) is 11.3. The van der Waals surface area contributed by atoms with Crippen LogP contribution in [-0.4, -0.2) is 12.5 Å². The summed E-state index contributed by atoms with van der Waals surface area (Å²) in [5.41, 5.74) is 8.68. The van der Waals surface area contributed by atoms with Crippen LogP contribution >= 0.6 is 0 Å². The monoisotopic (exact) mass is 206 g/mol. The van der Waals surface area contributed by atoms with Crippen molar-refractivity contribution in [3.05, 3.63) is 29.3 Å². The molecule has 0 atom stereocenters. The van der Waals surface area contributed by atoms with Crippen molar-refractivity contribution in [2.45, 2.75) is 26.7 Å². The predicted molar refractivity (Wildman–Crippen MR) is 62.9 cm³/mol. The van der Waals surface area contributed by atoms with E-state index in [2.05, 4.69) is 19.2 Å². The molecular weight excluding hydrogens is 188 g/mol. The van der Waals surface area contributed by atoms with Gasteiger partial charge in [0.05, 0.1) is 0 Å². The Kier molecular flexibility index (Phi) is 4.31. The number of aryl methyl sites for hydroxylation is 2. The Labute approximate surface area is 90.7 Å². The molecule has 0 aliphatic rings. The van der Waals surface area contributed by atoms with Crippen LogP contribution in [0.25, 0.3) is 0 Å². The Balaban J connectivity index is 2.74. The molecule has 0 saturated heterocycles. The molecule has 0 aliphatic carbocycles. The van der Waals surface area contributed by atoms with Gasteiger partial charge in [0.15, 0.2) is 0 Å². The molecule has 0 aromatic heterocycles. The summed E-state index contributed by atoms with van der Waals surface area (Å²) in [6.45, 7) is 4.57. The molecule has 1 aromatic carbocycles. The summed E-state index contributed by atoms with van der Waals surface area (Å²) in [6, 6.07) is 5.96. The second-order valence-corrected chi connectivity index (χ2v) is 3.58. The third-order valence-corrected chi connectivity index (χ3v) is 2.39. The molecular formula is C12H18N2O. The number of anilines is 1. The first-order chi connectivity index (χ1) is 7.17. The second kappa shape index (κ2) is 5.51. The van der Waals surface area contributed by atoms with E-state index in [0.29, 0.717) is 13.0 Å². The number of rotatable bonds is 4. The molecule has 0 saturated carbocycles. The van der Waals surface area contributed by atoms with Gasteiger partial charge in [-0.25, -0.2) is 0 Å². The lowest BCUT2D eigenvalue weighted by Gasteiger charge is -2.08. The highest BCUT2D eigenvalue weighted by Crippen LogP contribution is 2.15. The lowest BCUT2D eigenvalue weighted by atomic mass is 10.1. The van der Waals surface area contributed by atoms with Crippen LogP contribution < -0.4 is 11.1 Å². The van der Waals surface area contributed by atoms with Gasteiger partial charge >= 0.3 is 0 Å². The Hall–Kier alpha value is -1.35. The zero-order valence-corrected chi connectivity index (χ0v) is 9.34. The average molecular weight is 206 g/mol. The number of benzene rings is 1. The molecule has 0 spiro atoms. The predicted octanol–water partition coefficient (Wildman–Crippen LogP) is 1.84. The number of hydrogen-bond donors (Lipinski definition) is 2. The van der Waals surface area contributed by atoms with Crippen LogP contribution in [0.2, 0.25) is 0 Å². The fourth-order valence-corrected chi connectivity index (χ4v) is 1.48. The number of carbonyl (C=O) groups is 1. The molecule has 1 rings (SSSR count). The van der Waals surface area contributed by atoms with Gasteiger partial charge in [0.2, 0.25) is 5.91 Å². The molecule has 0 heterocycles. The zero-order valence-electron chi connectivity index (χ0n) is 9.34. The summed E-state index contributed by atoms with van der Waals surface area (Å²) in [5, 5.41) is 2.83. The molecule has 3 heteroatoms. The van der Waals surface area contributed by atoms with Crippen molar-refractivity contribution in [2.24, 2.45) is 5.73 Å². The maximum absolute atomic E-state index is 11.3. The van der Waals surface area contributed by atoms with Gasteiger partial charge in [-0.15, -0.1) is 0 Å². The standard InChI is InChI=1S/C12H18N2O/c1-3-10-8-11(5-4-9(10)2)14-12(15)6-7-13/h4-5,8H,3,6-7,13H2,1-2H3,(H,14,15). The zero-order chi connectivity index (χ0) is 11.3. The van der Waals surface area contributed by atoms with Crippen molar-refractivity contribution in [3.8, 4) is 0 Å². The minimum absolute atomic E-state index is 0.0246. The van der Waals surface area contributed by atoms with E-state index in [1.807, 2.05) is 18.2 Å². The number of hydrogen-bond acceptors (Lipinski definition) is 2. The molecule has 3 N–H and O–H groups in total. The highest BCUT2D eigenvalue weighted by molar-refractivity contribution is 5.90. The van der Waals surface area contributed by atoms with Gasteiger partial charge in [-0.2, -0.15) is 0 Å². The number of nitrogens with two attached hydrogens (primary N) is 1. The molecule has 0 radical (unpaired) electrons. The lowest BCUT2D eigenvalue weighted by molar-refractivity contribution is -0.116. The van der Waals surface area contributed by atoms with E-state index in [0.717, 1.165) is 12.1 Å². The minimum Gasteiger partial charge on any atom is -0.330 e. The first kappa shape index (κ1) is 11.7. The number of nitrogens with one attached hydrogen (secondary N) is 1. The van der Waals surface area contributed by atoms with E-state index in [-0.39, 0.29) is 5.91 Å². The van der Waals surface area contributed by atoms with Crippen LogP contribution in [0.1, 0.15) is 24.5 Å². The third kappa shape index (κ3) is 3.36. The Morgan fingerprint density at radius 1 is 1.47 bits per heavy atom. The van der Waals surface area contributed by atoms with E-state index in [1.54, 1.807) is 0 Å². The van der Waals surface area contributed by atoms with E-state index >= 15 is 0 Å². The SMILES string of the molecule is CCc1cc(NC(=O)CCN)ccc1C. The molecule has 1 aromatic rings. The van der Waals surface area contributed by atoms with Crippen molar-refractivity contribution >= 4 is 11.6 Å². The van der Waals surface area contributed by atoms with Crippen molar-refractivity contribution in [3.63, 3.8) is 0 Å². The van der Waals surface area contributed by atoms with E-state index < -0.39 is 0 Å². The molecule has 0 unspecified atom stereocenters. The van der Waals surface area contributed by atoms with Crippen molar-refractivity contribution in [1.82, 2.24) is 0 Å². The van der Waals surface area contributed by atoms with Crippen LogP contribution in [-0.2, 0) is 11.2 Å². The largest absolute Gasteiger partial charge is 0.330 e. The molecule has 0 aliphatic heterocycles. The van der Waals surface area contributed by atoms with E-state index in [4.69, 9.17) is 5.73 Å². The van der Waals surface area contributed by atoms with E-state index in [1.165, 1.54) is 11.1 Å². The highest BCUT2D eigenvalue weighted by atomic mass is 16.1. The molecule has 15 heavy (non-hydrogen) atoms.